The molecule has 1 aromatic heterocycles. The number of sulfonamides is 1. The van der Waals surface area contributed by atoms with Gasteiger partial charge in [0.05, 0.1) is 10.4 Å². The van der Waals surface area contributed by atoms with E-state index in [2.05, 4.69) is 5.32 Å². The molecule has 3 aromatic rings. The highest BCUT2D eigenvalue weighted by atomic mass is 32.2. The molecule has 0 atom stereocenters. The number of carbonyl (C=O) groups is 2. The summed E-state index contributed by atoms with van der Waals surface area (Å²) in [7, 11) is -3.77. The van der Waals surface area contributed by atoms with Crippen molar-refractivity contribution in [3.63, 3.8) is 0 Å². The summed E-state index contributed by atoms with van der Waals surface area (Å²) in [6.45, 7) is 0. The van der Waals surface area contributed by atoms with Crippen LogP contribution in [0.2, 0.25) is 0 Å². The number of fused-ring (bicyclic) bond motifs is 1. The molecule has 7 nitrogen and oxygen atoms in total. The molecule has 0 radical (unpaired) electrons. The number of nitrogens with two attached hydrogens (primary N) is 1. The van der Waals surface area contributed by atoms with Crippen LogP contribution >= 0.6 is 0 Å². The summed E-state index contributed by atoms with van der Waals surface area (Å²) in [5.74, 6) is -0.510. The first-order chi connectivity index (χ1) is 12.3. The van der Waals surface area contributed by atoms with Crippen LogP contribution in [-0.2, 0) is 14.8 Å². The average Bonchev–Trinajstić information content (AvgIpc) is 3.03. The van der Waals surface area contributed by atoms with Gasteiger partial charge in [-0.2, -0.15) is 0 Å². The first-order valence-corrected chi connectivity index (χ1v) is 9.41. The van der Waals surface area contributed by atoms with E-state index in [1.165, 1.54) is 28.8 Å². The minimum absolute atomic E-state index is 0.0161. The standard InChI is InChI=1S/C18H17N3O4S/c19-26(24,25)15-7-5-14(6-8-15)20-17(22)9-10-18(23)21-12-11-13-3-1-2-4-16(13)21/h1-8,11-12H,9-10H2,(H,20,22)(H2,19,24,25). The van der Waals surface area contributed by atoms with Crippen LogP contribution in [0, 0.1) is 0 Å². The van der Waals surface area contributed by atoms with E-state index in [9.17, 15) is 18.0 Å². The average molecular weight is 371 g/mol. The summed E-state index contributed by atoms with van der Waals surface area (Å²) in [6.07, 6.45) is 1.76. The normalized spacial score (nSPS) is 11.4. The molecule has 0 bridgehead atoms. The van der Waals surface area contributed by atoms with Crippen LogP contribution in [0.25, 0.3) is 10.9 Å². The largest absolute Gasteiger partial charge is 0.326 e. The van der Waals surface area contributed by atoms with Crippen LogP contribution in [0.4, 0.5) is 5.69 Å². The number of hydrogen-bond acceptors (Lipinski definition) is 4. The van der Waals surface area contributed by atoms with E-state index >= 15 is 0 Å². The third-order valence-corrected chi connectivity index (χ3v) is 4.83. The molecule has 0 aliphatic carbocycles. The monoisotopic (exact) mass is 371 g/mol. The molecule has 2 aromatic carbocycles. The fourth-order valence-corrected chi connectivity index (χ4v) is 3.11. The van der Waals surface area contributed by atoms with Gasteiger partial charge in [-0.05, 0) is 36.4 Å². The summed E-state index contributed by atoms with van der Waals surface area (Å²) < 4.78 is 23.9. The molecule has 1 amide bonds. The van der Waals surface area contributed by atoms with Crippen molar-refractivity contribution in [3.8, 4) is 0 Å². The lowest BCUT2D eigenvalue weighted by molar-refractivity contribution is -0.116. The van der Waals surface area contributed by atoms with Gasteiger partial charge in [0.25, 0.3) is 0 Å². The van der Waals surface area contributed by atoms with E-state index in [-0.39, 0.29) is 29.6 Å². The third kappa shape index (κ3) is 3.98. The highest BCUT2D eigenvalue weighted by molar-refractivity contribution is 7.89. The lowest BCUT2D eigenvalue weighted by atomic mass is 10.2. The van der Waals surface area contributed by atoms with Gasteiger partial charge in [0.1, 0.15) is 0 Å². The number of para-hydroxylation sites is 1. The van der Waals surface area contributed by atoms with E-state index in [0.29, 0.717) is 5.69 Å². The highest BCUT2D eigenvalue weighted by Gasteiger charge is 2.12. The zero-order chi connectivity index (χ0) is 18.7. The molecule has 3 rings (SSSR count). The number of carbonyl (C=O) groups excluding carboxylic acids is 2. The summed E-state index contributed by atoms with van der Waals surface area (Å²) in [5.41, 5.74) is 1.23. The van der Waals surface area contributed by atoms with Gasteiger partial charge in [-0.3, -0.25) is 14.2 Å². The Morgan fingerprint density at radius 3 is 2.35 bits per heavy atom. The van der Waals surface area contributed by atoms with Crippen molar-refractivity contribution >= 4 is 38.4 Å². The molecular weight excluding hydrogens is 354 g/mol. The van der Waals surface area contributed by atoms with Crippen LogP contribution < -0.4 is 10.5 Å². The van der Waals surface area contributed by atoms with Crippen molar-refractivity contribution in [2.24, 2.45) is 5.14 Å². The number of rotatable bonds is 5. The first kappa shape index (κ1) is 17.8. The van der Waals surface area contributed by atoms with Gasteiger partial charge in [0.2, 0.25) is 21.8 Å². The molecule has 0 spiro atoms. The van der Waals surface area contributed by atoms with Crippen molar-refractivity contribution in [2.75, 3.05) is 5.32 Å². The number of nitrogens with one attached hydrogen (secondary N) is 1. The lowest BCUT2D eigenvalue weighted by Gasteiger charge is -2.07. The molecule has 0 saturated heterocycles. The second kappa shape index (κ2) is 7.11. The Morgan fingerprint density at radius 2 is 1.65 bits per heavy atom. The molecule has 8 heteroatoms. The highest BCUT2D eigenvalue weighted by Crippen LogP contribution is 2.16. The van der Waals surface area contributed by atoms with Crippen molar-refractivity contribution in [3.05, 3.63) is 60.8 Å². The van der Waals surface area contributed by atoms with Gasteiger partial charge in [-0.25, -0.2) is 13.6 Å². The van der Waals surface area contributed by atoms with E-state index < -0.39 is 10.0 Å². The van der Waals surface area contributed by atoms with Gasteiger partial charge in [-0.1, -0.05) is 18.2 Å². The zero-order valence-electron chi connectivity index (χ0n) is 13.8. The van der Waals surface area contributed by atoms with Crippen LogP contribution in [0.15, 0.2) is 65.7 Å². The van der Waals surface area contributed by atoms with E-state index in [1.807, 2.05) is 30.3 Å². The van der Waals surface area contributed by atoms with E-state index in [0.717, 1.165) is 10.9 Å². The van der Waals surface area contributed by atoms with Crippen LogP contribution in [0.3, 0.4) is 0 Å². The van der Waals surface area contributed by atoms with Crippen LogP contribution in [0.5, 0.6) is 0 Å². The van der Waals surface area contributed by atoms with Gasteiger partial charge in [-0.15, -0.1) is 0 Å². The molecule has 0 aliphatic heterocycles. The number of amides is 1. The van der Waals surface area contributed by atoms with Crippen molar-refractivity contribution in [2.45, 2.75) is 17.7 Å². The van der Waals surface area contributed by atoms with Crippen LogP contribution in [-0.4, -0.2) is 24.8 Å². The number of aromatic nitrogens is 1. The number of anilines is 1. The van der Waals surface area contributed by atoms with Crippen LogP contribution in [0.1, 0.15) is 17.6 Å². The summed E-state index contributed by atoms with van der Waals surface area (Å²) in [5, 5.41) is 8.60. The third-order valence-electron chi connectivity index (χ3n) is 3.90. The van der Waals surface area contributed by atoms with Crippen molar-refractivity contribution in [1.82, 2.24) is 4.57 Å². The first-order valence-electron chi connectivity index (χ1n) is 7.86. The number of benzene rings is 2. The Bertz CT molecular complexity index is 1070. The summed E-state index contributed by atoms with van der Waals surface area (Å²) >= 11 is 0. The number of primary sulfonamides is 1. The molecule has 0 aliphatic rings. The molecule has 0 fully saturated rings. The fourth-order valence-electron chi connectivity index (χ4n) is 2.59. The quantitative estimate of drug-likeness (QED) is 0.717. The Labute approximate surface area is 150 Å². The maximum absolute atomic E-state index is 12.3. The Morgan fingerprint density at radius 1 is 0.962 bits per heavy atom. The minimum atomic E-state index is -3.77. The number of hydrogen-bond donors (Lipinski definition) is 2. The van der Waals surface area contributed by atoms with Gasteiger partial charge in [0.15, 0.2) is 0 Å². The molecule has 3 N–H and O–H groups in total. The Balaban J connectivity index is 1.59. The molecule has 0 saturated carbocycles. The number of nitrogens with zero attached hydrogens (tertiary/aromatic N) is 1. The maximum Gasteiger partial charge on any atom is 0.238 e. The minimum Gasteiger partial charge on any atom is -0.326 e. The molecular formula is C18H17N3O4S. The summed E-state index contributed by atoms with van der Waals surface area (Å²) in [4.78, 5) is 24.3. The Hall–Kier alpha value is -2.97. The smallest absolute Gasteiger partial charge is 0.238 e. The second-order valence-corrected chi connectivity index (χ2v) is 7.32. The molecule has 0 unspecified atom stereocenters. The fraction of sp³-hybridized carbons (Fsp3) is 0.111. The molecule has 1 heterocycles. The lowest BCUT2D eigenvalue weighted by Crippen LogP contribution is -2.16. The topological polar surface area (TPSA) is 111 Å². The second-order valence-electron chi connectivity index (χ2n) is 5.76. The van der Waals surface area contributed by atoms with Crippen molar-refractivity contribution < 1.29 is 18.0 Å². The maximum atomic E-state index is 12.3. The SMILES string of the molecule is NS(=O)(=O)c1ccc(NC(=O)CCC(=O)n2ccc3ccccc32)cc1. The van der Waals surface area contributed by atoms with Gasteiger partial charge in [0, 0.05) is 30.1 Å². The van der Waals surface area contributed by atoms with Crippen molar-refractivity contribution in [1.29, 1.82) is 0 Å². The summed E-state index contributed by atoms with van der Waals surface area (Å²) in [6, 6.07) is 14.9. The molecule has 134 valence electrons. The predicted molar refractivity (Wildman–Crippen MR) is 98.2 cm³/mol. The van der Waals surface area contributed by atoms with E-state index in [1.54, 1.807) is 6.20 Å². The predicted octanol–water partition coefficient (Wildman–Crippen LogP) is 2.35. The van der Waals surface area contributed by atoms with E-state index in [4.69, 9.17) is 5.14 Å². The van der Waals surface area contributed by atoms with Gasteiger partial charge < -0.3 is 5.32 Å². The zero-order valence-corrected chi connectivity index (χ0v) is 14.6. The Kier molecular flexibility index (Phi) is 4.88. The van der Waals surface area contributed by atoms with Gasteiger partial charge >= 0.3 is 0 Å². The molecule has 26 heavy (non-hydrogen) atoms.